The Kier molecular flexibility index (Phi) is 7.31. The molecule has 1 aromatic rings. The Morgan fingerprint density at radius 3 is 2.64 bits per heavy atom. The van der Waals surface area contributed by atoms with Crippen LogP contribution in [0, 0.1) is 10.1 Å². The molecule has 0 aromatic carbocycles. The Labute approximate surface area is 126 Å². The second-order valence-corrected chi connectivity index (χ2v) is 4.24. The van der Waals surface area contributed by atoms with Gasteiger partial charge in [0.2, 0.25) is 0 Å². The zero-order valence-corrected chi connectivity index (χ0v) is 12.1. The van der Waals surface area contributed by atoms with E-state index in [0.717, 1.165) is 6.20 Å². The minimum Gasteiger partial charge on any atom is -0.469 e. The van der Waals surface area contributed by atoms with Crippen LogP contribution < -0.4 is 5.32 Å². The van der Waals surface area contributed by atoms with E-state index in [9.17, 15) is 19.7 Å². The van der Waals surface area contributed by atoms with Crippen molar-refractivity contribution in [1.82, 2.24) is 4.98 Å². The number of carbonyl (C=O) groups excluding carboxylic acids is 2. The van der Waals surface area contributed by atoms with E-state index in [-0.39, 0.29) is 25.1 Å². The fourth-order valence-electron chi connectivity index (χ4n) is 1.45. The average molecular weight is 311 g/mol. The van der Waals surface area contributed by atoms with Gasteiger partial charge < -0.3 is 14.8 Å². The van der Waals surface area contributed by atoms with Gasteiger partial charge in [0.15, 0.2) is 0 Å². The van der Waals surface area contributed by atoms with E-state index < -0.39 is 16.9 Å². The first-order valence-electron chi connectivity index (χ1n) is 6.59. The summed E-state index contributed by atoms with van der Waals surface area (Å²) >= 11 is 0. The molecular formula is C13H17N3O6. The van der Waals surface area contributed by atoms with Gasteiger partial charge in [0.25, 0.3) is 5.69 Å². The lowest BCUT2D eigenvalue weighted by Crippen LogP contribution is -2.12. The summed E-state index contributed by atoms with van der Waals surface area (Å²) in [4.78, 5) is 35.9. The lowest BCUT2D eigenvalue weighted by Gasteiger charge is -2.06. The van der Waals surface area contributed by atoms with Crippen molar-refractivity contribution in [3.05, 3.63) is 28.4 Å². The van der Waals surface area contributed by atoms with Gasteiger partial charge in [-0.25, -0.2) is 4.98 Å². The molecule has 120 valence electrons. The largest absolute Gasteiger partial charge is 0.469 e. The molecule has 0 unspecified atom stereocenters. The first-order chi connectivity index (χ1) is 10.5. The van der Waals surface area contributed by atoms with Crippen molar-refractivity contribution in [3.63, 3.8) is 0 Å². The Balaban J connectivity index is 2.13. The summed E-state index contributed by atoms with van der Waals surface area (Å²) in [5.74, 6) is -0.413. The summed E-state index contributed by atoms with van der Waals surface area (Å²) in [6, 6.07) is 2.85. The molecule has 1 heterocycles. The lowest BCUT2D eigenvalue weighted by molar-refractivity contribution is -0.385. The van der Waals surface area contributed by atoms with Crippen LogP contribution in [-0.4, -0.2) is 42.1 Å². The van der Waals surface area contributed by atoms with Crippen LogP contribution in [0.25, 0.3) is 0 Å². The number of hydrogen-bond acceptors (Lipinski definition) is 8. The van der Waals surface area contributed by atoms with E-state index >= 15 is 0 Å². The maximum Gasteiger partial charge on any atom is 0.306 e. The monoisotopic (exact) mass is 311 g/mol. The summed E-state index contributed by atoms with van der Waals surface area (Å²) in [5, 5.41) is 13.4. The van der Waals surface area contributed by atoms with E-state index in [0.29, 0.717) is 18.8 Å². The molecule has 0 fully saturated rings. The second kappa shape index (κ2) is 9.27. The van der Waals surface area contributed by atoms with E-state index in [2.05, 4.69) is 15.0 Å². The smallest absolute Gasteiger partial charge is 0.306 e. The van der Waals surface area contributed by atoms with E-state index in [1.54, 1.807) is 0 Å². The van der Waals surface area contributed by atoms with Crippen LogP contribution >= 0.6 is 0 Å². The number of nitro groups is 1. The number of anilines is 1. The lowest BCUT2D eigenvalue weighted by atomic mass is 10.3. The van der Waals surface area contributed by atoms with E-state index in [4.69, 9.17) is 4.74 Å². The predicted molar refractivity (Wildman–Crippen MR) is 76.2 cm³/mol. The molecular weight excluding hydrogens is 294 g/mol. The van der Waals surface area contributed by atoms with Gasteiger partial charge in [0.05, 0.1) is 31.5 Å². The van der Waals surface area contributed by atoms with Crippen LogP contribution in [0.3, 0.4) is 0 Å². The molecule has 0 radical (unpaired) electrons. The molecule has 0 aliphatic heterocycles. The first-order valence-corrected chi connectivity index (χ1v) is 6.59. The van der Waals surface area contributed by atoms with Gasteiger partial charge >= 0.3 is 11.9 Å². The molecule has 1 rings (SSSR count). The van der Waals surface area contributed by atoms with Crippen LogP contribution in [0.1, 0.15) is 19.3 Å². The molecule has 1 N–H and O–H groups in total. The first kappa shape index (κ1) is 17.3. The normalized spacial score (nSPS) is 9.86. The molecule has 9 heteroatoms. The SMILES string of the molecule is COC(=O)CCC(=O)OCCCNc1ccc([N+](=O)[O-])cn1. The van der Waals surface area contributed by atoms with Gasteiger partial charge in [-0.3, -0.25) is 19.7 Å². The third-order valence-corrected chi connectivity index (χ3v) is 2.61. The van der Waals surface area contributed by atoms with Gasteiger partial charge in [0, 0.05) is 12.6 Å². The van der Waals surface area contributed by atoms with Crippen molar-refractivity contribution in [1.29, 1.82) is 0 Å². The van der Waals surface area contributed by atoms with Gasteiger partial charge in [0.1, 0.15) is 12.0 Å². The standard InChI is InChI=1S/C13H17N3O6/c1-21-12(17)5-6-13(18)22-8-2-7-14-11-4-3-10(9-15-11)16(19)20/h3-4,9H,2,5-8H2,1H3,(H,14,15). The van der Waals surface area contributed by atoms with Crippen molar-refractivity contribution in [3.8, 4) is 0 Å². The number of pyridine rings is 1. The second-order valence-electron chi connectivity index (χ2n) is 4.24. The molecule has 0 spiro atoms. The summed E-state index contributed by atoms with van der Waals surface area (Å²) in [5.41, 5.74) is -0.0786. The van der Waals surface area contributed by atoms with Gasteiger partial charge in [-0.1, -0.05) is 0 Å². The molecule has 22 heavy (non-hydrogen) atoms. The van der Waals surface area contributed by atoms with Crippen molar-refractivity contribution in [2.45, 2.75) is 19.3 Å². The molecule has 0 bridgehead atoms. The zero-order chi connectivity index (χ0) is 16.4. The van der Waals surface area contributed by atoms with Crippen molar-refractivity contribution >= 4 is 23.4 Å². The number of aromatic nitrogens is 1. The zero-order valence-electron chi connectivity index (χ0n) is 12.1. The number of nitrogens with one attached hydrogen (secondary N) is 1. The molecule has 1 aromatic heterocycles. The number of ether oxygens (including phenoxy) is 2. The Bertz CT molecular complexity index is 517. The van der Waals surface area contributed by atoms with Gasteiger partial charge in [-0.2, -0.15) is 0 Å². The summed E-state index contributed by atoms with van der Waals surface area (Å²) in [7, 11) is 1.26. The highest BCUT2D eigenvalue weighted by Gasteiger charge is 2.08. The van der Waals surface area contributed by atoms with Crippen molar-refractivity contribution in [2.24, 2.45) is 0 Å². The van der Waals surface area contributed by atoms with Crippen LogP contribution in [-0.2, 0) is 19.1 Å². The number of hydrogen-bond donors (Lipinski definition) is 1. The van der Waals surface area contributed by atoms with Gasteiger partial charge in [-0.15, -0.1) is 0 Å². The summed E-state index contributed by atoms with van der Waals surface area (Å²) < 4.78 is 9.34. The molecule has 9 nitrogen and oxygen atoms in total. The topological polar surface area (TPSA) is 121 Å². The predicted octanol–water partition coefficient (Wildman–Crippen LogP) is 1.29. The molecule has 0 saturated heterocycles. The fourth-order valence-corrected chi connectivity index (χ4v) is 1.45. The van der Waals surface area contributed by atoms with Gasteiger partial charge in [-0.05, 0) is 12.5 Å². The average Bonchev–Trinajstić information content (AvgIpc) is 2.52. The van der Waals surface area contributed by atoms with Crippen LogP contribution in [0.4, 0.5) is 11.5 Å². The minimum absolute atomic E-state index is 0.000296. The summed E-state index contributed by atoms with van der Waals surface area (Å²) in [6.07, 6.45) is 1.70. The molecule has 0 aliphatic rings. The minimum atomic E-state index is -0.523. The fraction of sp³-hybridized carbons (Fsp3) is 0.462. The number of nitrogens with zero attached hydrogens (tertiary/aromatic N) is 2. The Hall–Kier alpha value is -2.71. The molecule has 0 atom stereocenters. The highest BCUT2D eigenvalue weighted by Crippen LogP contribution is 2.11. The maximum atomic E-state index is 11.3. The van der Waals surface area contributed by atoms with E-state index in [1.807, 2.05) is 0 Å². The molecule has 0 amide bonds. The van der Waals surface area contributed by atoms with Crippen LogP contribution in [0.15, 0.2) is 18.3 Å². The van der Waals surface area contributed by atoms with E-state index in [1.165, 1.54) is 19.2 Å². The Morgan fingerprint density at radius 2 is 2.05 bits per heavy atom. The van der Waals surface area contributed by atoms with Crippen LogP contribution in [0.2, 0.25) is 0 Å². The third-order valence-electron chi connectivity index (χ3n) is 2.61. The quantitative estimate of drug-likeness (QED) is 0.313. The highest BCUT2D eigenvalue weighted by molar-refractivity contribution is 5.77. The van der Waals surface area contributed by atoms with Crippen molar-refractivity contribution in [2.75, 3.05) is 25.6 Å². The number of carbonyl (C=O) groups is 2. The maximum absolute atomic E-state index is 11.3. The number of methoxy groups -OCH3 is 1. The van der Waals surface area contributed by atoms with Crippen molar-refractivity contribution < 1.29 is 24.0 Å². The Morgan fingerprint density at radius 1 is 1.32 bits per heavy atom. The third kappa shape index (κ3) is 6.64. The number of rotatable bonds is 9. The number of esters is 2. The molecule has 0 aliphatic carbocycles. The molecule has 0 saturated carbocycles. The van der Waals surface area contributed by atoms with Crippen LogP contribution in [0.5, 0.6) is 0 Å². The highest BCUT2D eigenvalue weighted by atomic mass is 16.6. The summed E-state index contributed by atoms with van der Waals surface area (Å²) in [6.45, 7) is 0.703.